The molecule has 0 unspecified atom stereocenters. The first kappa shape index (κ1) is 10.9. The molecule has 84 valence electrons. The second kappa shape index (κ2) is 4.93. The molecule has 1 aromatic heterocycles. The molecular formula is C12H16N4. The van der Waals surface area contributed by atoms with Gasteiger partial charge in [0.1, 0.15) is 12.1 Å². The Morgan fingerprint density at radius 2 is 2.31 bits per heavy atom. The average Bonchev–Trinajstić information content (AvgIpc) is 2.78. The van der Waals surface area contributed by atoms with Crippen LogP contribution in [0.5, 0.6) is 0 Å². The molecule has 0 spiro atoms. The average molecular weight is 216 g/mol. The van der Waals surface area contributed by atoms with Crippen LogP contribution < -0.4 is 4.90 Å². The molecule has 0 radical (unpaired) electrons. The van der Waals surface area contributed by atoms with Crippen molar-refractivity contribution < 1.29 is 0 Å². The summed E-state index contributed by atoms with van der Waals surface area (Å²) in [5, 5.41) is 8.64. The van der Waals surface area contributed by atoms with Gasteiger partial charge in [-0.1, -0.05) is 0 Å². The van der Waals surface area contributed by atoms with Crippen LogP contribution in [0, 0.1) is 11.3 Å². The Balaban J connectivity index is 2.25. The standard InChI is InChI=1S/C12H16N4/c1-2-16(8-4-7-13)12-10-5-3-6-11(10)14-9-15-12/h9H,2-6,8H2,1H3. The summed E-state index contributed by atoms with van der Waals surface area (Å²) in [6, 6.07) is 2.18. The number of hydrogen-bond donors (Lipinski definition) is 0. The van der Waals surface area contributed by atoms with E-state index in [1.807, 2.05) is 0 Å². The fraction of sp³-hybridized carbons (Fsp3) is 0.583. The third-order valence-corrected chi connectivity index (χ3v) is 3.03. The monoisotopic (exact) mass is 216 g/mol. The Labute approximate surface area is 95.9 Å². The van der Waals surface area contributed by atoms with Crippen LogP contribution in [0.3, 0.4) is 0 Å². The number of nitriles is 1. The van der Waals surface area contributed by atoms with Gasteiger partial charge in [0.2, 0.25) is 0 Å². The van der Waals surface area contributed by atoms with E-state index in [1.54, 1.807) is 6.33 Å². The maximum atomic E-state index is 8.64. The van der Waals surface area contributed by atoms with Crippen molar-refractivity contribution in [2.45, 2.75) is 32.6 Å². The minimum absolute atomic E-state index is 0.548. The second-order valence-corrected chi connectivity index (χ2v) is 3.96. The minimum Gasteiger partial charge on any atom is -0.356 e. The zero-order valence-electron chi connectivity index (χ0n) is 9.61. The zero-order chi connectivity index (χ0) is 11.4. The lowest BCUT2D eigenvalue weighted by molar-refractivity contribution is 0.797. The van der Waals surface area contributed by atoms with Gasteiger partial charge in [0, 0.05) is 24.3 Å². The lowest BCUT2D eigenvalue weighted by Gasteiger charge is -2.22. The van der Waals surface area contributed by atoms with Crippen LogP contribution in [0.4, 0.5) is 5.82 Å². The summed E-state index contributed by atoms with van der Waals surface area (Å²) in [6.45, 7) is 3.75. The molecule has 1 aliphatic carbocycles. The van der Waals surface area contributed by atoms with Crippen molar-refractivity contribution in [2.75, 3.05) is 18.0 Å². The van der Waals surface area contributed by atoms with Crippen molar-refractivity contribution >= 4 is 5.82 Å². The van der Waals surface area contributed by atoms with Crippen LogP contribution >= 0.6 is 0 Å². The van der Waals surface area contributed by atoms with Gasteiger partial charge >= 0.3 is 0 Å². The second-order valence-electron chi connectivity index (χ2n) is 3.96. The van der Waals surface area contributed by atoms with Gasteiger partial charge in [0.15, 0.2) is 0 Å². The number of anilines is 1. The van der Waals surface area contributed by atoms with Gasteiger partial charge in [0.25, 0.3) is 0 Å². The number of aryl methyl sites for hydroxylation is 1. The van der Waals surface area contributed by atoms with Crippen LogP contribution in [0.2, 0.25) is 0 Å². The van der Waals surface area contributed by atoms with E-state index in [2.05, 4.69) is 27.9 Å². The fourth-order valence-electron chi connectivity index (χ4n) is 2.21. The Kier molecular flexibility index (Phi) is 3.35. The zero-order valence-corrected chi connectivity index (χ0v) is 9.61. The van der Waals surface area contributed by atoms with Crippen LogP contribution in [-0.2, 0) is 12.8 Å². The highest BCUT2D eigenvalue weighted by Gasteiger charge is 2.19. The summed E-state index contributed by atoms with van der Waals surface area (Å²) in [6.07, 6.45) is 5.52. The summed E-state index contributed by atoms with van der Waals surface area (Å²) in [7, 11) is 0. The molecule has 4 heteroatoms. The van der Waals surface area contributed by atoms with Gasteiger partial charge in [-0.3, -0.25) is 0 Å². The maximum absolute atomic E-state index is 8.64. The number of fused-ring (bicyclic) bond motifs is 1. The van der Waals surface area contributed by atoms with E-state index in [9.17, 15) is 0 Å². The van der Waals surface area contributed by atoms with Crippen molar-refractivity contribution in [3.8, 4) is 6.07 Å². The molecule has 0 amide bonds. The normalized spacial score (nSPS) is 13.2. The maximum Gasteiger partial charge on any atom is 0.135 e. The Morgan fingerprint density at radius 3 is 3.06 bits per heavy atom. The predicted molar refractivity (Wildman–Crippen MR) is 62.2 cm³/mol. The molecule has 2 rings (SSSR count). The van der Waals surface area contributed by atoms with Crippen LogP contribution in [0.1, 0.15) is 31.0 Å². The fourth-order valence-corrected chi connectivity index (χ4v) is 2.21. The molecule has 0 aliphatic heterocycles. The van der Waals surface area contributed by atoms with Crippen molar-refractivity contribution in [3.63, 3.8) is 0 Å². The summed E-state index contributed by atoms with van der Waals surface area (Å²) in [5.74, 6) is 1.04. The van der Waals surface area contributed by atoms with Gasteiger partial charge in [-0.2, -0.15) is 5.26 Å². The highest BCUT2D eigenvalue weighted by Crippen LogP contribution is 2.27. The molecule has 0 fully saturated rings. The molecule has 0 aromatic carbocycles. The highest BCUT2D eigenvalue weighted by molar-refractivity contribution is 5.50. The SMILES string of the molecule is CCN(CCC#N)c1ncnc2c1CCC2. The lowest BCUT2D eigenvalue weighted by atomic mass is 10.2. The summed E-state index contributed by atoms with van der Waals surface area (Å²) >= 11 is 0. The van der Waals surface area contributed by atoms with E-state index in [0.29, 0.717) is 6.42 Å². The lowest BCUT2D eigenvalue weighted by Crippen LogP contribution is -2.26. The van der Waals surface area contributed by atoms with E-state index in [-0.39, 0.29) is 0 Å². The summed E-state index contributed by atoms with van der Waals surface area (Å²) in [5.41, 5.74) is 2.49. The van der Waals surface area contributed by atoms with Crippen molar-refractivity contribution in [1.82, 2.24) is 9.97 Å². The van der Waals surface area contributed by atoms with E-state index >= 15 is 0 Å². The van der Waals surface area contributed by atoms with Crippen LogP contribution in [0.25, 0.3) is 0 Å². The van der Waals surface area contributed by atoms with Crippen molar-refractivity contribution in [2.24, 2.45) is 0 Å². The first-order chi connectivity index (χ1) is 7.86. The van der Waals surface area contributed by atoms with E-state index in [4.69, 9.17) is 5.26 Å². The summed E-state index contributed by atoms with van der Waals surface area (Å²) in [4.78, 5) is 10.9. The number of aromatic nitrogens is 2. The Morgan fingerprint density at radius 1 is 1.44 bits per heavy atom. The Bertz CT molecular complexity index is 408. The molecule has 0 bridgehead atoms. The molecule has 0 N–H and O–H groups in total. The van der Waals surface area contributed by atoms with Gasteiger partial charge < -0.3 is 4.90 Å². The molecule has 0 atom stereocenters. The quantitative estimate of drug-likeness (QED) is 0.768. The van der Waals surface area contributed by atoms with Crippen molar-refractivity contribution in [3.05, 3.63) is 17.6 Å². The molecular weight excluding hydrogens is 200 g/mol. The first-order valence-corrected chi connectivity index (χ1v) is 5.81. The molecule has 1 aromatic rings. The predicted octanol–water partition coefficient (Wildman–Crippen LogP) is 1.71. The molecule has 0 saturated carbocycles. The van der Waals surface area contributed by atoms with Gasteiger partial charge in [-0.15, -0.1) is 0 Å². The first-order valence-electron chi connectivity index (χ1n) is 5.81. The van der Waals surface area contributed by atoms with Crippen LogP contribution in [-0.4, -0.2) is 23.1 Å². The van der Waals surface area contributed by atoms with Gasteiger partial charge in [0.05, 0.1) is 12.5 Å². The van der Waals surface area contributed by atoms with E-state index < -0.39 is 0 Å². The molecule has 0 saturated heterocycles. The smallest absolute Gasteiger partial charge is 0.135 e. The van der Waals surface area contributed by atoms with Gasteiger partial charge in [-0.05, 0) is 26.2 Å². The minimum atomic E-state index is 0.548. The number of nitrogens with zero attached hydrogens (tertiary/aromatic N) is 4. The number of hydrogen-bond acceptors (Lipinski definition) is 4. The van der Waals surface area contributed by atoms with Gasteiger partial charge in [-0.25, -0.2) is 9.97 Å². The van der Waals surface area contributed by atoms with Crippen LogP contribution in [0.15, 0.2) is 6.33 Å². The highest BCUT2D eigenvalue weighted by atomic mass is 15.2. The molecule has 1 aliphatic rings. The summed E-state index contributed by atoms with van der Waals surface area (Å²) < 4.78 is 0. The molecule has 1 heterocycles. The van der Waals surface area contributed by atoms with E-state index in [1.165, 1.54) is 17.7 Å². The van der Waals surface area contributed by atoms with E-state index in [0.717, 1.165) is 31.7 Å². The Hall–Kier alpha value is -1.63. The number of rotatable bonds is 4. The molecule has 16 heavy (non-hydrogen) atoms. The third kappa shape index (κ3) is 1.99. The third-order valence-electron chi connectivity index (χ3n) is 3.03. The van der Waals surface area contributed by atoms with Crippen molar-refractivity contribution in [1.29, 1.82) is 5.26 Å². The topological polar surface area (TPSA) is 52.8 Å². The molecule has 4 nitrogen and oxygen atoms in total. The largest absolute Gasteiger partial charge is 0.356 e.